The van der Waals surface area contributed by atoms with E-state index in [9.17, 15) is 13.2 Å². The van der Waals surface area contributed by atoms with Gasteiger partial charge in [0.25, 0.3) is 0 Å². The van der Waals surface area contributed by atoms with Gasteiger partial charge in [-0.05, 0) is 38.5 Å². The molecule has 2 atom stereocenters. The second kappa shape index (κ2) is 5.37. The van der Waals surface area contributed by atoms with Crippen LogP contribution in [0.2, 0.25) is 0 Å². The Balaban J connectivity index is 2.83. The fourth-order valence-corrected chi connectivity index (χ4v) is 2.82. The lowest BCUT2D eigenvalue weighted by molar-refractivity contribution is -0.159. The molecule has 0 aromatic heterocycles. The Labute approximate surface area is 108 Å². The fraction of sp³-hybridized carbons (Fsp3) is 1.00. The Morgan fingerprint density at radius 1 is 1.33 bits per heavy atom. The molecule has 1 saturated carbocycles. The molecule has 0 aromatic rings. The maximum atomic E-state index is 12.7. The van der Waals surface area contributed by atoms with Gasteiger partial charge in [-0.1, -0.05) is 13.8 Å². The summed E-state index contributed by atoms with van der Waals surface area (Å²) in [5, 5.41) is 0. The van der Waals surface area contributed by atoms with Crippen LogP contribution < -0.4 is 5.73 Å². The van der Waals surface area contributed by atoms with Crippen LogP contribution >= 0.6 is 0 Å². The smallest absolute Gasteiger partial charge is 0.326 e. The molecular weight excluding hydrogens is 241 g/mol. The highest BCUT2D eigenvalue weighted by atomic mass is 19.4. The molecule has 108 valence electrons. The van der Waals surface area contributed by atoms with Gasteiger partial charge in [0.1, 0.15) is 0 Å². The summed E-state index contributed by atoms with van der Waals surface area (Å²) in [4.78, 5) is 1.52. The van der Waals surface area contributed by atoms with Crippen LogP contribution in [-0.2, 0) is 0 Å². The predicted octanol–water partition coefficient (Wildman–Crippen LogP) is 3.17. The summed E-state index contributed by atoms with van der Waals surface area (Å²) in [6.45, 7) is 6.97. The molecule has 0 aliphatic heterocycles. The Hall–Kier alpha value is -0.290. The summed E-state index contributed by atoms with van der Waals surface area (Å²) in [5.41, 5.74) is 6.13. The van der Waals surface area contributed by atoms with E-state index < -0.39 is 12.7 Å². The van der Waals surface area contributed by atoms with Crippen molar-refractivity contribution in [3.8, 4) is 0 Å². The molecule has 1 rings (SSSR count). The zero-order valence-corrected chi connectivity index (χ0v) is 11.7. The SMILES string of the molecule is CC(C)N(CC(F)(F)F)C1CC(C)(C)CCC1N. The highest BCUT2D eigenvalue weighted by Crippen LogP contribution is 2.38. The van der Waals surface area contributed by atoms with Gasteiger partial charge in [0.2, 0.25) is 0 Å². The van der Waals surface area contributed by atoms with E-state index >= 15 is 0 Å². The average molecular weight is 266 g/mol. The van der Waals surface area contributed by atoms with Crippen LogP contribution in [0.1, 0.15) is 47.0 Å². The molecule has 1 fully saturated rings. The number of halogens is 3. The zero-order chi connectivity index (χ0) is 14.1. The maximum absolute atomic E-state index is 12.7. The minimum atomic E-state index is -4.16. The largest absolute Gasteiger partial charge is 0.401 e. The first-order valence-electron chi connectivity index (χ1n) is 6.60. The first-order valence-corrected chi connectivity index (χ1v) is 6.60. The number of nitrogens with two attached hydrogens (primary N) is 1. The molecular formula is C13H25F3N2. The molecule has 18 heavy (non-hydrogen) atoms. The van der Waals surface area contributed by atoms with Crippen LogP contribution in [0.3, 0.4) is 0 Å². The number of rotatable bonds is 3. The van der Waals surface area contributed by atoms with Crippen molar-refractivity contribution in [1.29, 1.82) is 0 Å². The second-order valence-corrected chi connectivity index (χ2v) is 6.52. The summed E-state index contributed by atoms with van der Waals surface area (Å²) >= 11 is 0. The van der Waals surface area contributed by atoms with Gasteiger partial charge in [-0.2, -0.15) is 13.2 Å². The molecule has 1 aliphatic rings. The Morgan fingerprint density at radius 2 is 1.89 bits per heavy atom. The third-order valence-corrected chi connectivity index (χ3v) is 3.86. The van der Waals surface area contributed by atoms with E-state index in [1.54, 1.807) is 13.8 Å². The molecule has 2 N–H and O–H groups in total. The molecule has 0 heterocycles. The van der Waals surface area contributed by atoms with Crippen molar-refractivity contribution in [1.82, 2.24) is 4.90 Å². The standard InChI is InChI=1S/C13H25F3N2/c1-9(2)18(8-13(14,15)16)11-7-12(3,4)6-5-10(11)17/h9-11H,5-8,17H2,1-4H3. The first kappa shape index (κ1) is 15.8. The topological polar surface area (TPSA) is 29.3 Å². The van der Waals surface area contributed by atoms with Gasteiger partial charge in [0.15, 0.2) is 0 Å². The van der Waals surface area contributed by atoms with Crippen molar-refractivity contribution < 1.29 is 13.2 Å². The average Bonchev–Trinajstić information content (AvgIpc) is 2.17. The van der Waals surface area contributed by atoms with Crippen LogP contribution in [0, 0.1) is 5.41 Å². The molecule has 0 spiro atoms. The lowest BCUT2D eigenvalue weighted by Gasteiger charge is -2.46. The monoisotopic (exact) mass is 266 g/mol. The predicted molar refractivity (Wildman–Crippen MR) is 67.3 cm³/mol. The van der Waals surface area contributed by atoms with E-state index in [-0.39, 0.29) is 23.5 Å². The molecule has 2 unspecified atom stereocenters. The molecule has 5 heteroatoms. The van der Waals surface area contributed by atoms with E-state index in [0.717, 1.165) is 19.3 Å². The molecule has 2 nitrogen and oxygen atoms in total. The minimum absolute atomic E-state index is 0.0826. The van der Waals surface area contributed by atoms with E-state index in [1.807, 2.05) is 0 Å². The van der Waals surface area contributed by atoms with E-state index in [1.165, 1.54) is 4.90 Å². The molecule has 0 bridgehead atoms. The molecule has 0 saturated heterocycles. The van der Waals surface area contributed by atoms with E-state index in [4.69, 9.17) is 5.73 Å². The lowest BCUT2D eigenvalue weighted by atomic mass is 9.72. The summed E-state index contributed by atoms with van der Waals surface area (Å²) in [5.74, 6) is 0. The van der Waals surface area contributed by atoms with Crippen LogP contribution in [-0.4, -0.2) is 35.7 Å². The number of nitrogens with zero attached hydrogens (tertiary/aromatic N) is 1. The zero-order valence-electron chi connectivity index (χ0n) is 11.7. The Kier molecular flexibility index (Phi) is 4.70. The van der Waals surface area contributed by atoms with Gasteiger partial charge < -0.3 is 5.73 Å². The van der Waals surface area contributed by atoms with Crippen molar-refractivity contribution >= 4 is 0 Å². The van der Waals surface area contributed by atoms with Crippen molar-refractivity contribution in [2.45, 2.75) is 71.3 Å². The van der Waals surface area contributed by atoms with Crippen LogP contribution in [0.5, 0.6) is 0 Å². The lowest BCUT2D eigenvalue weighted by Crippen LogP contribution is -2.57. The summed E-state index contributed by atoms with van der Waals surface area (Å²) < 4.78 is 38.0. The third-order valence-electron chi connectivity index (χ3n) is 3.86. The number of hydrogen-bond donors (Lipinski definition) is 1. The summed E-state index contributed by atoms with van der Waals surface area (Å²) in [6, 6.07) is -0.463. The highest BCUT2D eigenvalue weighted by molar-refractivity contribution is 4.94. The maximum Gasteiger partial charge on any atom is 0.401 e. The van der Waals surface area contributed by atoms with Crippen molar-refractivity contribution in [3.05, 3.63) is 0 Å². The van der Waals surface area contributed by atoms with Gasteiger partial charge in [0, 0.05) is 18.1 Å². The fourth-order valence-electron chi connectivity index (χ4n) is 2.82. The minimum Gasteiger partial charge on any atom is -0.326 e. The van der Waals surface area contributed by atoms with Gasteiger partial charge in [-0.3, -0.25) is 4.90 Å². The Morgan fingerprint density at radius 3 is 2.33 bits per heavy atom. The van der Waals surface area contributed by atoms with Gasteiger partial charge in [0.05, 0.1) is 6.54 Å². The van der Waals surface area contributed by atoms with Gasteiger partial charge in [-0.15, -0.1) is 0 Å². The first-order chi connectivity index (χ1) is 8.02. The van der Waals surface area contributed by atoms with Crippen molar-refractivity contribution in [2.75, 3.05) is 6.54 Å². The number of alkyl halides is 3. The molecule has 1 aliphatic carbocycles. The van der Waals surface area contributed by atoms with E-state index in [0.29, 0.717) is 0 Å². The van der Waals surface area contributed by atoms with Crippen LogP contribution in [0.25, 0.3) is 0 Å². The quantitative estimate of drug-likeness (QED) is 0.850. The van der Waals surface area contributed by atoms with Crippen LogP contribution in [0.4, 0.5) is 13.2 Å². The molecule has 0 radical (unpaired) electrons. The summed E-state index contributed by atoms with van der Waals surface area (Å²) in [7, 11) is 0. The van der Waals surface area contributed by atoms with E-state index in [2.05, 4.69) is 13.8 Å². The molecule has 0 aromatic carbocycles. The second-order valence-electron chi connectivity index (χ2n) is 6.52. The normalized spacial score (nSPS) is 29.0. The highest BCUT2D eigenvalue weighted by Gasteiger charge is 2.41. The van der Waals surface area contributed by atoms with Crippen molar-refractivity contribution in [2.24, 2.45) is 11.1 Å². The van der Waals surface area contributed by atoms with Crippen LogP contribution in [0.15, 0.2) is 0 Å². The molecule has 0 amide bonds. The van der Waals surface area contributed by atoms with Gasteiger partial charge in [-0.25, -0.2) is 0 Å². The summed E-state index contributed by atoms with van der Waals surface area (Å²) in [6.07, 6.45) is -1.63. The van der Waals surface area contributed by atoms with Crippen molar-refractivity contribution in [3.63, 3.8) is 0 Å². The third kappa shape index (κ3) is 4.43. The van der Waals surface area contributed by atoms with Gasteiger partial charge >= 0.3 is 6.18 Å². The number of hydrogen-bond acceptors (Lipinski definition) is 2. The Bertz CT molecular complexity index is 272.